The van der Waals surface area contributed by atoms with Crippen molar-refractivity contribution in [3.05, 3.63) is 29.3 Å². The number of aryl methyl sites for hydroxylation is 1. The number of phenols is 1. The van der Waals surface area contributed by atoms with Crippen LogP contribution in [0, 0.1) is 6.92 Å². The molecular weight excluding hydrogens is 234 g/mol. The van der Waals surface area contributed by atoms with E-state index < -0.39 is 0 Å². The highest BCUT2D eigenvalue weighted by molar-refractivity contribution is 7.99. The summed E-state index contributed by atoms with van der Waals surface area (Å²) >= 11 is 1.87. The molecule has 2 N–H and O–H groups in total. The van der Waals surface area contributed by atoms with Gasteiger partial charge in [0.15, 0.2) is 0 Å². The first-order valence-corrected chi connectivity index (χ1v) is 7.01. The van der Waals surface area contributed by atoms with E-state index in [4.69, 9.17) is 0 Å². The lowest BCUT2D eigenvalue weighted by molar-refractivity contribution is 0.0936. The van der Waals surface area contributed by atoms with Crippen LogP contribution in [0.4, 0.5) is 0 Å². The van der Waals surface area contributed by atoms with Crippen molar-refractivity contribution in [2.45, 2.75) is 25.8 Å². The van der Waals surface area contributed by atoms with Gasteiger partial charge in [0.2, 0.25) is 0 Å². The number of nitrogens with one attached hydrogen (secondary N) is 1. The highest BCUT2D eigenvalue weighted by atomic mass is 32.2. The van der Waals surface area contributed by atoms with E-state index in [1.165, 1.54) is 5.75 Å². The number of carbonyl (C=O) groups is 1. The van der Waals surface area contributed by atoms with E-state index in [0.29, 0.717) is 5.56 Å². The van der Waals surface area contributed by atoms with E-state index >= 15 is 0 Å². The highest BCUT2D eigenvalue weighted by Gasteiger charge is 2.19. The van der Waals surface area contributed by atoms with Gasteiger partial charge >= 0.3 is 0 Å². The normalized spacial score (nSPS) is 19.9. The molecule has 0 radical (unpaired) electrons. The second-order valence-corrected chi connectivity index (χ2v) is 5.51. The predicted octanol–water partition coefficient (Wildman–Crippen LogP) is 2.33. The number of benzene rings is 1. The third kappa shape index (κ3) is 2.94. The summed E-state index contributed by atoms with van der Waals surface area (Å²) in [5.74, 6) is 2.08. The molecule has 1 aromatic rings. The number of para-hydroxylation sites is 1. The van der Waals surface area contributed by atoms with Gasteiger partial charge < -0.3 is 10.4 Å². The summed E-state index contributed by atoms with van der Waals surface area (Å²) < 4.78 is 0. The third-order valence-corrected chi connectivity index (χ3v) is 4.19. The van der Waals surface area contributed by atoms with Crippen LogP contribution in [-0.2, 0) is 0 Å². The summed E-state index contributed by atoms with van der Waals surface area (Å²) in [6.45, 7) is 1.79. The molecule has 0 saturated carbocycles. The van der Waals surface area contributed by atoms with Crippen LogP contribution in [-0.4, -0.2) is 28.6 Å². The van der Waals surface area contributed by atoms with Gasteiger partial charge in [0.05, 0.1) is 5.56 Å². The Labute approximate surface area is 106 Å². The highest BCUT2D eigenvalue weighted by Crippen LogP contribution is 2.22. The monoisotopic (exact) mass is 251 g/mol. The zero-order chi connectivity index (χ0) is 12.3. The SMILES string of the molecule is Cc1cccc(C(=O)NC2CCCSC2)c1O. The lowest BCUT2D eigenvalue weighted by Crippen LogP contribution is -2.38. The molecule has 4 heteroatoms. The molecule has 2 rings (SSSR count). The minimum atomic E-state index is -0.168. The van der Waals surface area contributed by atoms with Gasteiger partial charge in [-0.15, -0.1) is 0 Å². The lowest BCUT2D eigenvalue weighted by atomic mass is 10.1. The minimum absolute atomic E-state index is 0.0912. The molecule has 1 unspecified atom stereocenters. The molecule has 17 heavy (non-hydrogen) atoms. The predicted molar refractivity (Wildman–Crippen MR) is 70.7 cm³/mol. The molecule has 1 aliphatic heterocycles. The number of carbonyl (C=O) groups excluding carboxylic acids is 1. The number of amides is 1. The number of hydrogen-bond donors (Lipinski definition) is 2. The quantitative estimate of drug-likeness (QED) is 0.848. The largest absolute Gasteiger partial charge is 0.507 e. The van der Waals surface area contributed by atoms with Crippen molar-refractivity contribution in [3.8, 4) is 5.75 Å². The van der Waals surface area contributed by atoms with Crippen molar-refractivity contribution in [1.82, 2.24) is 5.32 Å². The van der Waals surface area contributed by atoms with E-state index in [0.717, 1.165) is 24.2 Å². The fourth-order valence-electron chi connectivity index (χ4n) is 1.96. The summed E-state index contributed by atoms with van der Waals surface area (Å²) in [6.07, 6.45) is 2.18. The Balaban J connectivity index is 2.06. The minimum Gasteiger partial charge on any atom is -0.507 e. The molecule has 1 aromatic carbocycles. The molecule has 1 heterocycles. The Kier molecular flexibility index (Phi) is 3.94. The first kappa shape index (κ1) is 12.3. The molecule has 0 bridgehead atoms. The van der Waals surface area contributed by atoms with Gasteiger partial charge in [0.25, 0.3) is 5.91 Å². The second kappa shape index (κ2) is 5.45. The first-order chi connectivity index (χ1) is 8.18. The van der Waals surface area contributed by atoms with Crippen molar-refractivity contribution >= 4 is 17.7 Å². The lowest BCUT2D eigenvalue weighted by Gasteiger charge is -2.22. The third-order valence-electron chi connectivity index (χ3n) is 2.98. The van der Waals surface area contributed by atoms with Gasteiger partial charge in [-0.2, -0.15) is 11.8 Å². The summed E-state index contributed by atoms with van der Waals surface area (Å²) in [4.78, 5) is 12.0. The first-order valence-electron chi connectivity index (χ1n) is 5.85. The topological polar surface area (TPSA) is 49.3 Å². The van der Waals surface area contributed by atoms with E-state index in [-0.39, 0.29) is 17.7 Å². The number of hydrogen-bond acceptors (Lipinski definition) is 3. The second-order valence-electron chi connectivity index (χ2n) is 4.36. The maximum Gasteiger partial charge on any atom is 0.255 e. The zero-order valence-electron chi connectivity index (χ0n) is 9.90. The molecule has 0 aliphatic carbocycles. The van der Waals surface area contributed by atoms with Gasteiger partial charge in [-0.3, -0.25) is 4.79 Å². The smallest absolute Gasteiger partial charge is 0.255 e. The van der Waals surface area contributed by atoms with Gasteiger partial charge in [-0.25, -0.2) is 0 Å². The zero-order valence-corrected chi connectivity index (χ0v) is 10.7. The molecule has 3 nitrogen and oxygen atoms in total. The molecule has 1 amide bonds. The summed E-state index contributed by atoms with van der Waals surface area (Å²) in [5.41, 5.74) is 1.11. The Morgan fingerprint density at radius 2 is 2.35 bits per heavy atom. The summed E-state index contributed by atoms with van der Waals surface area (Å²) in [5, 5.41) is 12.8. The van der Waals surface area contributed by atoms with Crippen LogP contribution < -0.4 is 5.32 Å². The molecule has 1 saturated heterocycles. The van der Waals surface area contributed by atoms with Crippen LogP contribution in [0.15, 0.2) is 18.2 Å². The van der Waals surface area contributed by atoms with Crippen LogP contribution in [0.3, 0.4) is 0 Å². The van der Waals surface area contributed by atoms with Gasteiger partial charge in [0, 0.05) is 11.8 Å². The van der Waals surface area contributed by atoms with Crippen molar-refractivity contribution in [3.63, 3.8) is 0 Å². The number of phenolic OH excluding ortho intramolecular Hbond substituents is 1. The Morgan fingerprint density at radius 1 is 1.53 bits per heavy atom. The molecule has 0 spiro atoms. The van der Waals surface area contributed by atoms with E-state index in [1.807, 2.05) is 11.8 Å². The fraction of sp³-hybridized carbons (Fsp3) is 0.462. The standard InChI is InChI=1S/C13H17NO2S/c1-9-4-2-6-11(12(9)15)13(16)14-10-5-3-7-17-8-10/h2,4,6,10,15H,3,5,7-8H2,1H3,(H,14,16). The van der Waals surface area contributed by atoms with Crippen LogP contribution in [0.25, 0.3) is 0 Å². The van der Waals surface area contributed by atoms with Crippen LogP contribution >= 0.6 is 11.8 Å². The Hall–Kier alpha value is -1.16. The van der Waals surface area contributed by atoms with Gasteiger partial charge in [-0.05, 0) is 37.1 Å². The van der Waals surface area contributed by atoms with Crippen LogP contribution in [0.1, 0.15) is 28.8 Å². The average Bonchev–Trinajstić information content (AvgIpc) is 2.34. The average molecular weight is 251 g/mol. The van der Waals surface area contributed by atoms with Crippen molar-refractivity contribution in [1.29, 1.82) is 0 Å². The van der Waals surface area contributed by atoms with E-state index in [1.54, 1.807) is 25.1 Å². The summed E-state index contributed by atoms with van der Waals surface area (Å²) in [6, 6.07) is 5.48. The van der Waals surface area contributed by atoms with Gasteiger partial charge in [0.1, 0.15) is 5.75 Å². The molecule has 1 aliphatic rings. The number of aromatic hydroxyl groups is 1. The molecule has 1 atom stereocenters. The van der Waals surface area contributed by atoms with Gasteiger partial charge in [-0.1, -0.05) is 12.1 Å². The Morgan fingerprint density at radius 3 is 3.06 bits per heavy atom. The maximum absolute atomic E-state index is 12.0. The Bertz CT molecular complexity index is 414. The van der Waals surface area contributed by atoms with E-state index in [9.17, 15) is 9.90 Å². The molecule has 1 fully saturated rings. The molecule has 92 valence electrons. The number of rotatable bonds is 2. The fourth-order valence-corrected chi connectivity index (χ4v) is 3.03. The van der Waals surface area contributed by atoms with Crippen LogP contribution in [0.5, 0.6) is 5.75 Å². The van der Waals surface area contributed by atoms with E-state index in [2.05, 4.69) is 5.32 Å². The van der Waals surface area contributed by atoms with Crippen molar-refractivity contribution < 1.29 is 9.90 Å². The van der Waals surface area contributed by atoms with Crippen LogP contribution in [0.2, 0.25) is 0 Å². The molecular formula is C13H17NO2S. The summed E-state index contributed by atoms with van der Waals surface area (Å²) in [7, 11) is 0. The molecule has 0 aromatic heterocycles. The maximum atomic E-state index is 12.0. The van der Waals surface area contributed by atoms with Crippen molar-refractivity contribution in [2.24, 2.45) is 0 Å². The number of thioether (sulfide) groups is 1. The van der Waals surface area contributed by atoms with Crippen molar-refractivity contribution in [2.75, 3.05) is 11.5 Å².